The lowest BCUT2D eigenvalue weighted by atomic mass is 10.1. The molecule has 2 rings (SSSR count). The van der Waals surface area contributed by atoms with Crippen LogP contribution in [0.3, 0.4) is 0 Å². The van der Waals surface area contributed by atoms with Crippen molar-refractivity contribution in [3.05, 3.63) is 41.1 Å². The van der Waals surface area contributed by atoms with E-state index in [0.717, 1.165) is 17.7 Å². The predicted molar refractivity (Wildman–Crippen MR) is 109 cm³/mol. The van der Waals surface area contributed by atoms with Gasteiger partial charge in [-0.05, 0) is 50.8 Å². The van der Waals surface area contributed by atoms with E-state index in [2.05, 4.69) is 5.32 Å². The highest BCUT2D eigenvalue weighted by Gasteiger charge is 2.30. The molecular formula is C21H30N2O3S. The summed E-state index contributed by atoms with van der Waals surface area (Å²) >= 11 is 0. The molecule has 0 fully saturated rings. The maximum absolute atomic E-state index is 13.4. The summed E-state index contributed by atoms with van der Waals surface area (Å²) in [7, 11) is -3.75. The molecule has 0 spiro atoms. The maximum Gasteiger partial charge on any atom is 0.225 e. The van der Waals surface area contributed by atoms with Gasteiger partial charge in [-0.3, -0.25) is 4.79 Å². The third-order valence-electron chi connectivity index (χ3n) is 4.67. The normalized spacial score (nSPS) is 11.8. The Morgan fingerprint density at radius 1 is 1.11 bits per heavy atom. The molecule has 2 aromatic rings. The number of anilines is 1. The zero-order valence-electron chi connectivity index (χ0n) is 17.1. The molecule has 0 unspecified atom stereocenters. The molecule has 1 aromatic carbocycles. The van der Waals surface area contributed by atoms with E-state index in [-0.39, 0.29) is 21.6 Å². The molecule has 0 radical (unpaired) electrons. The zero-order chi connectivity index (χ0) is 20.4. The van der Waals surface area contributed by atoms with Gasteiger partial charge in [-0.2, -0.15) is 0 Å². The van der Waals surface area contributed by atoms with Gasteiger partial charge in [0.2, 0.25) is 15.7 Å². The average Bonchev–Trinajstić information content (AvgIpc) is 2.79. The first-order valence-corrected chi connectivity index (χ1v) is 10.9. The quantitative estimate of drug-likeness (QED) is 0.749. The number of aryl methyl sites for hydroxylation is 1. The van der Waals surface area contributed by atoms with E-state index in [0.29, 0.717) is 24.3 Å². The molecule has 0 atom stereocenters. The summed E-state index contributed by atoms with van der Waals surface area (Å²) in [6.07, 6.45) is 1.19. The predicted octanol–water partition coefficient (Wildman–Crippen LogP) is 4.64. The summed E-state index contributed by atoms with van der Waals surface area (Å²) in [5, 5.41) is 2.89. The Labute approximate surface area is 162 Å². The molecule has 0 saturated heterocycles. The lowest BCUT2D eigenvalue weighted by Crippen LogP contribution is -2.19. The number of hydrogen-bond acceptors (Lipinski definition) is 3. The highest BCUT2D eigenvalue weighted by Crippen LogP contribution is 2.35. The lowest BCUT2D eigenvalue weighted by Gasteiger charge is -2.14. The van der Waals surface area contributed by atoms with E-state index in [9.17, 15) is 13.2 Å². The van der Waals surface area contributed by atoms with Crippen molar-refractivity contribution in [1.82, 2.24) is 4.57 Å². The van der Waals surface area contributed by atoms with E-state index < -0.39 is 9.84 Å². The van der Waals surface area contributed by atoms with Gasteiger partial charge < -0.3 is 9.88 Å². The highest BCUT2D eigenvalue weighted by atomic mass is 32.2. The van der Waals surface area contributed by atoms with Gasteiger partial charge in [-0.25, -0.2) is 8.42 Å². The molecule has 1 heterocycles. The van der Waals surface area contributed by atoms with Crippen LogP contribution in [0, 0.1) is 26.7 Å². The zero-order valence-corrected chi connectivity index (χ0v) is 17.9. The second kappa shape index (κ2) is 8.30. The molecule has 0 aliphatic rings. The Morgan fingerprint density at radius 2 is 1.70 bits per heavy atom. The van der Waals surface area contributed by atoms with Gasteiger partial charge in [-0.1, -0.05) is 38.5 Å². The van der Waals surface area contributed by atoms with Crippen molar-refractivity contribution in [3.63, 3.8) is 0 Å². The van der Waals surface area contributed by atoms with E-state index in [4.69, 9.17) is 0 Å². The van der Waals surface area contributed by atoms with Gasteiger partial charge in [0.15, 0.2) is 0 Å². The maximum atomic E-state index is 13.4. The average molecular weight is 391 g/mol. The molecule has 148 valence electrons. The Kier molecular flexibility index (Phi) is 6.52. The van der Waals surface area contributed by atoms with Crippen LogP contribution in [0.5, 0.6) is 0 Å². The van der Waals surface area contributed by atoms with E-state index >= 15 is 0 Å². The summed E-state index contributed by atoms with van der Waals surface area (Å²) in [6.45, 7) is 12.2. The topological polar surface area (TPSA) is 68.2 Å². The fourth-order valence-corrected chi connectivity index (χ4v) is 4.88. The van der Waals surface area contributed by atoms with Gasteiger partial charge in [0.25, 0.3) is 0 Å². The number of benzene rings is 1. The number of carbonyl (C=O) groups is 1. The fraction of sp³-hybridized carbons (Fsp3) is 0.476. The monoisotopic (exact) mass is 390 g/mol. The lowest BCUT2D eigenvalue weighted by molar-refractivity contribution is -0.116. The number of rotatable bonds is 7. The molecular weight excluding hydrogens is 360 g/mol. The van der Waals surface area contributed by atoms with Gasteiger partial charge in [-0.15, -0.1) is 0 Å². The van der Waals surface area contributed by atoms with Crippen molar-refractivity contribution in [2.75, 3.05) is 5.32 Å². The number of amides is 1. The molecule has 0 saturated carbocycles. The van der Waals surface area contributed by atoms with Crippen molar-refractivity contribution in [1.29, 1.82) is 0 Å². The van der Waals surface area contributed by atoms with Crippen LogP contribution in [0.1, 0.15) is 50.4 Å². The second-order valence-electron chi connectivity index (χ2n) is 7.50. The smallest absolute Gasteiger partial charge is 0.225 e. The SMILES string of the molecule is CCCn1c(C)c(C)c(S(=O)(=O)c2ccc(C)cc2)c1NC(=O)CC(C)C. The van der Waals surface area contributed by atoms with Crippen molar-refractivity contribution in [2.24, 2.45) is 5.92 Å². The third kappa shape index (κ3) is 4.43. The van der Waals surface area contributed by atoms with Gasteiger partial charge in [0.1, 0.15) is 10.7 Å². The van der Waals surface area contributed by atoms with Crippen LogP contribution in [0.25, 0.3) is 0 Å². The van der Waals surface area contributed by atoms with E-state index in [1.165, 1.54) is 0 Å². The van der Waals surface area contributed by atoms with Crippen LogP contribution >= 0.6 is 0 Å². The summed E-state index contributed by atoms with van der Waals surface area (Å²) in [4.78, 5) is 12.9. The Bertz CT molecular complexity index is 923. The number of hydrogen-bond donors (Lipinski definition) is 1. The van der Waals surface area contributed by atoms with E-state index in [1.54, 1.807) is 31.2 Å². The van der Waals surface area contributed by atoms with Crippen molar-refractivity contribution in [3.8, 4) is 0 Å². The fourth-order valence-electron chi connectivity index (χ4n) is 3.18. The largest absolute Gasteiger partial charge is 0.331 e. The first-order valence-electron chi connectivity index (χ1n) is 9.40. The van der Waals surface area contributed by atoms with Gasteiger partial charge in [0.05, 0.1) is 4.90 Å². The van der Waals surface area contributed by atoms with Crippen LogP contribution in [0.15, 0.2) is 34.1 Å². The molecule has 5 nitrogen and oxygen atoms in total. The number of aromatic nitrogens is 1. The number of nitrogens with zero attached hydrogens (tertiary/aromatic N) is 1. The van der Waals surface area contributed by atoms with Crippen LogP contribution in [0.4, 0.5) is 5.82 Å². The molecule has 1 amide bonds. The Morgan fingerprint density at radius 3 is 2.22 bits per heavy atom. The molecule has 1 aromatic heterocycles. The van der Waals surface area contributed by atoms with Crippen molar-refractivity contribution < 1.29 is 13.2 Å². The molecule has 1 N–H and O–H groups in total. The first kappa shape index (κ1) is 21.2. The van der Waals surface area contributed by atoms with Gasteiger partial charge >= 0.3 is 0 Å². The van der Waals surface area contributed by atoms with Crippen LogP contribution < -0.4 is 5.32 Å². The van der Waals surface area contributed by atoms with Crippen LogP contribution in [0.2, 0.25) is 0 Å². The highest BCUT2D eigenvalue weighted by molar-refractivity contribution is 7.91. The van der Waals surface area contributed by atoms with Crippen LogP contribution in [-0.2, 0) is 21.2 Å². The first-order chi connectivity index (χ1) is 12.6. The molecule has 0 bridgehead atoms. The Hall–Kier alpha value is -2.08. The summed E-state index contributed by atoms with van der Waals surface area (Å²) < 4.78 is 28.7. The molecule has 27 heavy (non-hydrogen) atoms. The number of sulfone groups is 1. The van der Waals surface area contributed by atoms with Crippen LogP contribution in [-0.4, -0.2) is 18.9 Å². The van der Waals surface area contributed by atoms with Crippen molar-refractivity contribution in [2.45, 2.75) is 70.7 Å². The summed E-state index contributed by atoms with van der Waals surface area (Å²) in [5.41, 5.74) is 2.54. The molecule has 6 heteroatoms. The molecule has 0 aliphatic heterocycles. The minimum atomic E-state index is -3.75. The number of nitrogens with one attached hydrogen (secondary N) is 1. The minimum Gasteiger partial charge on any atom is -0.331 e. The standard InChI is InChI=1S/C21H30N2O3S/c1-7-12-23-17(6)16(5)20(21(23)22-19(24)13-14(2)3)27(25,26)18-10-8-15(4)9-11-18/h8-11,14H,7,12-13H2,1-6H3,(H,22,24). The third-order valence-corrected chi connectivity index (χ3v) is 6.60. The van der Waals surface area contributed by atoms with Gasteiger partial charge in [0, 0.05) is 18.7 Å². The second-order valence-corrected chi connectivity index (χ2v) is 9.39. The minimum absolute atomic E-state index is 0.166. The van der Waals surface area contributed by atoms with Crippen molar-refractivity contribution >= 4 is 21.6 Å². The summed E-state index contributed by atoms with van der Waals surface area (Å²) in [6, 6.07) is 6.82. The summed E-state index contributed by atoms with van der Waals surface area (Å²) in [5.74, 6) is 0.414. The number of carbonyl (C=O) groups excluding carboxylic acids is 1. The van der Waals surface area contributed by atoms with E-state index in [1.807, 2.05) is 39.2 Å². The molecule has 0 aliphatic carbocycles. The Balaban J connectivity index is 2.65.